The summed E-state index contributed by atoms with van der Waals surface area (Å²) < 4.78 is 15.0. The summed E-state index contributed by atoms with van der Waals surface area (Å²) in [6, 6.07) is 6.63. The number of rotatable bonds is 5. The molecule has 1 fully saturated rings. The third-order valence-corrected chi connectivity index (χ3v) is 4.73. The van der Waals surface area contributed by atoms with Gasteiger partial charge in [-0.05, 0) is 32.4 Å². The molecule has 1 aliphatic heterocycles. The lowest BCUT2D eigenvalue weighted by atomic mass is 10.0. The van der Waals surface area contributed by atoms with Gasteiger partial charge >= 0.3 is 5.69 Å². The maximum atomic E-state index is 13.8. The fourth-order valence-corrected chi connectivity index (χ4v) is 3.35. The van der Waals surface area contributed by atoms with Gasteiger partial charge in [0.05, 0.1) is 0 Å². The number of H-pyrrole nitrogens is 1. The van der Waals surface area contributed by atoms with Crippen LogP contribution >= 0.6 is 0 Å². The van der Waals surface area contributed by atoms with Gasteiger partial charge < -0.3 is 5.32 Å². The molecule has 1 aromatic carbocycles. The Morgan fingerprint density at radius 2 is 2.11 bits per heavy atom. The monoisotopic (exact) mass is 374 g/mol. The Labute approximate surface area is 155 Å². The Morgan fingerprint density at radius 1 is 1.33 bits per heavy atom. The summed E-state index contributed by atoms with van der Waals surface area (Å²) in [7, 11) is 0. The van der Waals surface area contributed by atoms with Crippen molar-refractivity contribution in [3.63, 3.8) is 0 Å². The molecular formula is C19H23FN4O3. The molecule has 3 rings (SSSR count). The van der Waals surface area contributed by atoms with E-state index < -0.39 is 11.2 Å². The predicted octanol–water partition coefficient (Wildman–Crippen LogP) is 0.765. The summed E-state index contributed by atoms with van der Waals surface area (Å²) in [6.45, 7) is 3.39. The minimum Gasteiger partial charge on any atom is -0.351 e. The van der Waals surface area contributed by atoms with Crippen molar-refractivity contribution in [2.24, 2.45) is 0 Å². The summed E-state index contributed by atoms with van der Waals surface area (Å²) in [5.74, 6) is -0.516. The van der Waals surface area contributed by atoms with Gasteiger partial charge in [0.25, 0.3) is 5.56 Å². The van der Waals surface area contributed by atoms with Crippen LogP contribution in [0.25, 0.3) is 0 Å². The molecule has 0 saturated carbocycles. The topological polar surface area (TPSA) is 87.2 Å². The molecule has 0 radical (unpaired) electrons. The number of piperidine rings is 1. The molecule has 2 aromatic rings. The Kier molecular flexibility index (Phi) is 5.85. The minimum atomic E-state index is -0.606. The summed E-state index contributed by atoms with van der Waals surface area (Å²) >= 11 is 0. The van der Waals surface area contributed by atoms with E-state index in [1.54, 1.807) is 19.1 Å². The van der Waals surface area contributed by atoms with Crippen molar-refractivity contribution in [2.45, 2.75) is 38.9 Å². The molecule has 0 aliphatic carbocycles. The van der Waals surface area contributed by atoms with E-state index in [-0.39, 0.29) is 24.3 Å². The molecule has 0 bridgehead atoms. The highest BCUT2D eigenvalue weighted by Crippen LogP contribution is 2.15. The van der Waals surface area contributed by atoms with Gasteiger partial charge in [-0.25, -0.2) is 9.18 Å². The van der Waals surface area contributed by atoms with Crippen LogP contribution in [0.15, 0.2) is 40.1 Å². The molecule has 0 spiro atoms. The molecule has 1 amide bonds. The number of aromatic nitrogens is 2. The Morgan fingerprint density at radius 3 is 2.89 bits per heavy atom. The number of nitrogens with one attached hydrogen (secondary N) is 2. The van der Waals surface area contributed by atoms with E-state index >= 15 is 0 Å². The van der Waals surface area contributed by atoms with Crippen molar-refractivity contribution in [1.82, 2.24) is 19.8 Å². The first-order valence-corrected chi connectivity index (χ1v) is 8.98. The highest BCUT2D eigenvalue weighted by atomic mass is 19.1. The van der Waals surface area contributed by atoms with E-state index in [0.29, 0.717) is 24.2 Å². The van der Waals surface area contributed by atoms with Crippen molar-refractivity contribution >= 4 is 5.91 Å². The van der Waals surface area contributed by atoms with Crippen molar-refractivity contribution in [2.75, 3.05) is 13.1 Å². The van der Waals surface area contributed by atoms with E-state index in [1.807, 2.05) is 6.07 Å². The summed E-state index contributed by atoms with van der Waals surface area (Å²) in [5, 5.41) is 2.93. The third kappa shape index (κ3) is 4.91. The fourth-order valence-electron chi connectivity index (χ4n) is 3.35. The normalized spacial score (nSPS) is 17.6. The molecule has 27 heavy (non-hydrogen) atoms. The Hall–Kier alpha value is -2.74. The molecular weight excluding hydrogens is 351 g/mol. The predicted molar refractivity (Wildman–Crippen MR) is 98.9 cm³/mol. The second kappa shape index (κ2) is 8.30. The van der Waals surface area contributed by atoms with Crippen LogP contribution in [0.3, 0.4) is 0 Å². The van der Waals surface area contributed by atoms with Crippen LogP contribution < -0.4 is 16.6 Å². The van der Waals surface area contributed by atoms with E-state index in [4.69, 9.17) is 0 Å². The number of carbonyl (C=O) groups is 1. The van der Waals surface area contributed by atoms with E-state index in [1.165, 1.54) is 16.8 Å². The lowest BCUT2D eigenvalue weighted by Crippen LogP contribution is -2.48. The number of halogens is 1. The molecule has 1 aliphatic rings. The van der Waals surface area contributed by atoms with Crippen LogP contribution in [-0.2, 0) is 17.9 Å². The number of hydrogen-bond acceptors (Lipinski definition) is 4. The molecule has 2 heterocycles. The molecule has 1 atom stereocenters. The van der Waals surface area contributed by atoms with E-state index in [0.717, 1.165) is 19.4 Å². The van der Waals surface area contributed by atoms with E-state index in [9.17, 15) is 18.8 Å². The number of amides is 1. The van der Waals surface area contributed by atoms with Crippen LogP contribution in [0.1, 0.15) is 24.0 Å². The highest BCUT2D eigenvalue weighted by molar-refractivity contribution is 5.76. The largest absolute Gasteiger partial charge is 0.351 e. The highest BCUT2D eigenvalue weighted by Gasteiger charge is 2.22. The zero-order valence-corrected chi connectivity index (χ0v) is 15.2. The number of likely N-dealkylation sites (tertiary alicyclic amines) is 1. The summed E-state index contributed by atoms with van der Waals surface area (Å²) in [4.78, 5) is 39.8. The number of carbonyl (C=O) groups excluding carboxylic acids is 1. The van der Waals surface area contributed by atoms with Gasteiger partial charge in [-0.1, -0.05) is 18.2 Å². The van der Waals surface area contributed by atoms with Crippen LogP contribution in [-0.4, -0.2) is 39.5 Å². The van der Waals surface area contributed by atoms with E-state index in [2.05, 4.69) is 15.2 Å². The summed E-state index contributed by atoms with van der Waals surface area (Å²) in [5.41, 5.74) is -0.0471. The SMILES string of the molecule is Cc1cn(CC(=O)NC2CCCN(Cc3ccccc3F)C2)c(=O)[nH]c1=O. The molecule has 1 aromatic heterocycles. The number of benzene rings is 1. The zero-order chi connectivity index (χ0) is 19.4. The first kappa shape index (κ1) is 19.0. The Balaban J connectivity index is 1.58. The minimum absolute atomic E-state index is 0.0578. The standard InChI is InChI=1S/C19H23FN4O3/c1-13-9-24(19(27)22-18(13)26)12-17(25)21-15-6-4-8-23(11-15)10-14-5-2-3-7-16(14)20/h2-3,5,7,9,15H,4,6,8,10-12H2,1H3,(H,21,25)(H,22,26,27). The van der Waals surface area contributed by atoms with Crippen LogP contribution in [0.2, 0.25) is 0 Å². The molecule has 1 unspecified atom stereocenters. The maximum Gasteiger partial charge on any atom is 0.328 e. The van der Waals surface area contributed by atoms with Gasteiger partial charge in [-0.2, -0.15) is 0 Å². The number of aromatic amines is 1. The molecule has 7 nitrogen and oxygen atoms in total. The lowest BCUT2D eigenvalue weighted by Gasteiger charge is -2.33. The average Bonchev–Trinajstić information content (AvgIpc) is 2.62. The van der Waals surface area contributed by atoms with Gasteiger partial charge in [0, 0.05) is 36.5 Å². The average molecular weight is 374 g/mol. The van der Waals surface area contributed by atoms with Crippen molar-refractivity contribution in [3.8, 4) is 0 Å². The van der Waals surface area contributed by atoms with Gasteiger partial charge in [0.1, 0.15) is 12.4 Å². The van der Waals surface area contributed by atoms with Crippen molar-refractivity contribution < 1.29 is 9.18 Å². The number of aryl methyl sites for hydroxylation is 1. The second-order valence-corrected chi connectivity index (χ2v) is 6.93. The number of hydrogen-bond donors (Lipinski definition) is 2. The summed E-state index contributed by atoms with van der Waals surface area (Å²) in [6.07, 6.45) is 3.11. The van der Waals surface area contributed by atoms with Gasteiger partial charge in [-0.15, -0.1) is 0 Å². The van der Waals surface area contributed by atoms with Crippen molar-refractivity contribution in [1.29, 1.82) is 0 Å². The molecule has 1 saturated heterocycles. The van der Waals surface area contributed by atoms with Crippen molar-refractivity contribution in [3.05, 3.63) is 68.2 Å². The van der Waals surface area contributed by atoms with Crippen LogP contribution in [0.4, 0.5) is 4.39 Å². The number of nitrogens with zero attached hydrogens (tertiary/aromatic N) is 2. The quantitative estimate of drug-likeness (QED) is 0.809. The fraction of sp³-hybridized carbons (Fsp3) is 0.421. The Bertz CT molecular complexity index is 937. The molecule has 8 heteroatoms. The third-order valence-electron chi connectivity index (χ3n) is 4.73. The van der Waals surface area contributed by atoms with Gasteiger partial charge in [-0.3, -0.25) is 24.0 Å². The van der Waals surface area contributed by atoms with Gasteiger partial charge in [0.2, 0.25) is 5.91 Å². The van der Waals surface area contributed by atoms with Crippen LogP contribution in [0, 0.1) is 12.7 Å². The first-order valence-electron chi connectivity index (χ1n) is 8.98. The first-order chi connectivity index (χ1) is 12.9. The lowest BCUT2D eigenvalue weighted by molar-refractivity contribution is -0.122. The van der Waals surface area contributed by atoms with Crippen LogP contribution in [0.5, 0.6) is 0 Å². The molecule has 144 valence electrons. The zero-order valence-electron chi connectivity index (χ0n) is 15.2. The molecule has 2 N–H and O–H groups in total. The second-order valence-electron chi connectivity index (χ2n) is 6.93. The van der Waals surface area contributed by atoms with Gasteiger partial charge in [0.15, 0.2) is 0 Å². The maximum absolute atomic E-state index is 13.8. The smallest absolute Gasteiger partial charge is 0.328 e.